The predicted molar refractivity (Wildman–Crippen MR) is 74.6 cm³/mol. The number of nitrogens with zero attached hydrogens (tertiary/aromatic N) is 3. The molecule has 0 bridgehead atoms. The number of anilines is 2. The summed E-state index contributed by atoms with van der Waals surface area (Å²) in [5.41, 5.74) is -0.199. The lowest BCUT2D eigenvalue weighted by atomic mass is 10.4. The SMILES string of the molecule is CCCNc1ncc([N+](=O)[O-])c(NCCNC(C)=O)n1. The molecular formula is C11H18N6O3. The molecule has 1 aromatic rings. The van der Waals surface area contributed by atoms with E-state index in [-0.39, 0.29) is 17.4 Å². The summed E-state index contributed by atoms with van der Waals surface area (Å²) in [5.74, 6) is 0.308. The van der Waals surface area contributed by atoms with Crippen molar-refractivity contribution in [2.75, 3.05) is 30.3 Å². The molecule has 1 heterocycles. The summed E-state index contributed by atoms with van der Waals surface area (Å²) >= 11 is 0. The molecule has 0 saturated heterocycles. The van der Waals surface area contributed by atoms with Crippen LogP contribution in [0.3, 0.4) is 0 Å². The quantitative estimate of drug-likeness (QED) is 0.365. The molecule has 0 aliphatic carbocycles. The van der Waals surface area contributed by atoms with Crippen molar-refractivity contribution in [1.29, 1.82) is 0 Å². The fraction of sp³-hybridized carbons (Fsp3) is 0.545. The van der Waals surface area contributed by atoms with E-state index in [2.05, 4.69) is 25.9 Å². The van der Waals surface area contributed by atoms with Crippen LogP contribution in [0.2, 0.25) is 0 Å². The summed E-state index contributed by atoms with van der Waals surface area (Å²) in [5, 5.41) is 19.2. The highest BCUT2D eigenvalue weighted by atomic mass is 16.6. The van der Waals surface area contributed by atoms with Gasteiger partial charge in [-0.1, -0.05) is 6.92 Å². The summed E-state index contributed by atoms with van der Waals surface area (Å²) in [4.78, 5) is 29.0. The minimum absolute atomic E-state index is 0.133. The smallest absolute Gasteiger partial charge is 0.329 e. The Hall–Kier alpha value is -2.45. The zero-order chi connectivity index (χ0) is 15.0. The van der Waals surface area contributed by atoms with Crippen molar-refractivity contribution in [3.63, 3.8) is 0 Å². The van der Waals surface area contributed by atoms with Crippen molar-refractivity contribution in [1.82, 2.24) is 15.3 Å². The van der Waals surface area contributed by atoms with Crippen LogP contribution in [0.1, 0.15) is 20.3 Å². The van der Waals surface area contributed by atoms with E-state index in [9.17, 15) is 14.9 Å². The molecule has 0 aliphatic rings. The highest BCUT2D eigenvalue weighted by Gasteiger charge is 2.16. The minimum Gasteiger partial charge on any atom is -0.362 e. The van der Waals surface area contributed by atoms with Gasteiger partial charge in [-0.25, -0.2) is 4.98 Å². The molecule has 3 N–H and O–H groups in total. The van der Waals surface area contributed by atoms with Gasteiger partial charge in [-0.2, -0.15) is 4.98 Å². The molecule has 0 fully saturated rings. The molecule has 0 unspecified atom stereocenters. The van der Waals surface area contributed by atoms with Crippen LogP contribution in [-0.4, -0.2) is 40.4 Å². The summed E-state index contributed by atoms with van der Waals surface area (Å²) in [6.07, 6.45) is 2.05. The van der Waals surface area contributed by atoms with Gasteiger partial charge in [0.25, 0.3) is 0 Å². The van der Waals surface area contributed by atoms with Gasteiger partial charge in [0.2, 0.25) is 17.7 Å². The van der Waals surface area contributed by atoms with Crippen molar-refractivity contribution >= 4 is 23.4 Å². The van der Waals surface area contributed by atoms with E-state index < -0.39 is 4.92 Å². The molecular weight excluding hydrogens is 264 g/mol. The van der Waals surface area contributed by atoms with Gasteiger partial charge in [0.15, 0.2) is 0 Å². The van der Waals surface area contributed by atoms with Crippen LogP contribution in [0.15, 0.2) is 6.20 Å². The fourth-order valence-corrected chi connectivity index (χ4v) is 1.38. The van der Waals surface area contributed by atoms with E-state index >= 15 is 0 Å². The first-order valence-corrected chi connectivity index (χ1v) is 6.28. The van der Waals surface area contributed by atoms with Gasteiger partial charge in [0.1, 0.15) is 6.20 Å². The van der Waals surface area contributed by atoms with Crippen molar-refractivity contribution in [3.8, 4) is 0 Å². The zero-order valence-electron chi connectivity index (χ0n) is 11.5. The summed E-state index contributed by atoms with van der Waals surface area (Å²) < 4.78 is 0. The van der Waals surface area contributed by atoms with Gasteiger partial charge in [-0.3, -0.25) is 14.9 Å². The molecule has 1 amide bonds. The topological polar surface area (TPSA) is 122 Å². The molecule has 1 aromatic heterocycles. The highest BCUT2D eigenvalue weighted by molar-refractivity contribution is 5.72. The van der Waals surface area contributed by atoms with Crippen molar-refractivity contribution < 1.29 is 9.72 Å². The van der Waals surface area contributed by atoms with Gasteiger partial charge in [-0.15, -0.1) is 0 Å². The van der Waals surface area contributed by atoms with E-state index in [0.717, 1.165) is 12.6 Å². The largest absolute Gasteiger partial charge is 0.362 e. The number of nitrogens with one attached hydrogen (secondary N) is 3. The third-order valence-corrected chi connectivity index (χ3v) is 2.29. The molecule has 1 rings (SSSR count). The number of carbonyl (C=O) groups is 1. The van der Waals surface area contributed by atoms with Gasteiger partial charge in [0, 0.05) is 26.6 Å². The van der Waals surface area contributed by atoms with Gasteiger partial charge >= 0.3 is 5.69 Å². The van der Waals surface area contributed by atoms with Crippen LogP contribution in [0, 0.1) is 10.1 Å². The second-order valence-electron chi connectivity index (χ2n) is 4.02. The third kappa shape index (κ3) is 5.04. The Morgan fingerprint density at radius 2 is 2.10 bits per heavy atom. The summed E-state index contributed by atoms with van der Waals surface area (Å²) in [6, 6.07) is 0. The normalized spacial score (nSPS) is 9.90. The zero-order valence-corrected chi connectivity index (χ0v) is 11.5. The maximum absolute atomic E-state index is 10.9. The Labute approximate surface area is 116 Å². The molecule has 0 aliphatic heterocycles. The fourth-order valence-electron chi connectivity index (χ4n) is 1.38. The maximum Gasteiger partial charge on any atom is 0.329 e. The average Bonchev–Trinajstić information content (AvgIpc) is 2.41. The maximum atomic E-state index is 10.9. The van der Waals surface area contributed by atoms with Gasteiger partial charge < -0.3 is 16.0 Å². The van der Waals surface area contributed by atoms with E-state index in [4.69, 9.17) is 0 Å². The van der Waals surface area contributed by atoms with Crippen LogP contribution >= 0.6 is 0 Å². The first-order chi connectivity index (χ1) is 9.54. The predicted octanol–water partition coefficient (Wildman–Crippen LogP) is 0.755. The van der Waals surface area contributed by atoms with Crippen LogP contribution in [0.25, 0.3) is 0 Å². The third-order valence-electron chi connectivity index (χ3n) is 2.29. The Kier molecular flexibility index (Phi) is 6.14. The van der Waals surface area contributed by atoms with Gasteiger partial charge in [0.05, 0.1) is 4.92 Å². The second-order valence-corrected chi connectivity index (χ2v) is 4.02. The minimum atomic E-state index is -0.551. The first kappa shape index (κ1) is 15.6. The number of nitro groups is 1. The number of aromatic nitrogens is 2. The number of carbonyl (C=O) groups excluding carboxylic acids is 1. The Bertz CT molecular complexity index is 479. The van der Waals surface area contributed by atoms with Crippen LogP contribution in [0.5, 0.6) is 0 Å². The number of rotatable bonds is 8. The highest BCUT2D eigenvalue weighted by Crippen LogP contribution is 2.21. The summed E-state index contributed by atoms with van der Waals surface area (Å²) in [6.45, 7) is 4.77. The monoisotopic (exact) mass is 282 g/mol. The number of amides is 1. The first-order valence-electron chi connectivity index (χ1n) is 6.28. The Balaban J connectivity index is 2.72. The molecule has 0 aromatic carbocycles. The molecule has 0 radical (unpaired) electrons. The molecule has 110 valence electrons. The summed E-state index contributed by atoms with van der Waals surface area (Å²) in [7, 11) is 0. The molecule has 20 heavy (non-hydrogen) atoms. The number of hydrogen-bond donors (Lipinski definition) is 3. The number of hydrogen-bond acceptors (Lipinski definition) is 7. The Morgan fingerprint density at radius 3 is 2.70 bits per heavy atom. The molecule has 0 spiro atoms. The molecule has 9 heteroatoms. The van der Waals surface area contributed by atoms with E-state index in [1.165, 1.54) is 6.92 Å². The van der Waals surface area contributed by atoms with Crippen molar-refractivity contribution in [2.24, 2.45) is 0 Å². The lowest BCUT2D eigenvalue weighted by Crippen LogP contribution is -2.26. The van der Waals surface area contributed by atoms with Crippen LogP contribution in [-0.2, 0) is 4.79 Å². The average molecular weight is 282 g/mol. The molecule has 0 atom stereocenters. The van der Waals surface area contributed by atoms with Crippen LogP contribution < -0.4 is 16.0 Å². The van der Waals surface area contributed by atoms with Crippen molar-refractivity contribution in [3.05, 3.63) is 16.3 Å². The van der Waals surface area contributed by atoms with E-state index in [1.807, 2.05) is 6.92 Å². The van der Waals surface area contributed by atoms with Crippen LogP contribution in [0.4, 0.5) is 17.5 Å². The Morgan fingerprint density at radius 1 is 1.35 bits per heavy atom. The molecule has 0 saturated carbocycles. The second kappa shape index (κ2) is 7.87. The standard InChI is InChI=1S/C11H18N6O3/c1-3-4-14-11-15-7-9(17(19)20)10(16-11)13-6-5-12-8(2)18/h7H,3-6H2,1-2H3,(H,12,18)(H2,13,14,15,16). The molecule has 9 nitrogen and oxygen atoms in total. The van der Waals surface area contributed by atoms with E-state index in [1.54, 1.807) is 0 Å². The lowest BCUT2D eigenvalue weighted by Gasteiger charge is -2.08. The lowest BCUT2D eigenvalue weighted by molar-refractivity contribution is -0.384. The van der Waals surface area contributed by atoms with Gasteiger partial charge in [-0.05, 0) is 6.42 Å². The van der Waals surface area contributed by atoms with E-state index in [0.29, 0.717) is 25.6 Å². The van der Waals surface area contributed by atoms with Crippen molar-refractivity contribution in [2.45, 2.75) is 20.3 Å².